The van der Waals surface area contributed by atoms with E-state index in [1.54, 1.807) is 12.1 Å². The first-order valence-corrected chi connectivity index (χ1v) is 14.1. The average molecular weight is 566 g/mol. The molecule has 1 aliphatic rings. The molecular weight excluding hydrogens is 526 g/mol. The molecule has 3 amide bonds. The van der Waals surface area contributed by atoms with Crippen LogP contribution in [0.3, 0.4) is 0 Å². The van der Waals surface area contributed by atoms with E-state index in [2.05, 4.69) is 15.6 Å². The van der Waals surface area contributed by atoms with Crippen molar-refractivity contribution < 1.29 is 29.4 Å². The number of hydrogen-bond donors (Lipinski definition) is 7. The number of carboxylic acids is 1. The fourth-order valence-corrected chi connectivity index (χ4v) is 4.74. The third-order valence-corrected chi connectivity index (χ3v) is 7.00. The van der Waals surface area contributed by atoms with Gasteiger partial charge in [0.1, 0.15) is 23.9 Å². The molecule has 2 rings (SSSR count). The fraction of sp³-hybridized carbons (Fsp3) is 0.560. The molecule has 14 heteroatoms. The van der Waals surface area contributed by atoms with Gasteiger partial charge >= 0.3 is 5.97 Å². The molecule has 0 saturated carbocycles. The van der Waals surface area contributed by atoms with E-state index in [0.717, 1.165) is 0 Å². The van der Waals surface area contributed by atoms with E-state index in [1.807, 2.05) is 6.26 Å². The van der Waals surface area contributed by atoms with Gasteiger partial charge in [0.25, 0.3) is 0 Å². The van der Waals surface area contributed by atoms with Crippen molar-refractivity contribution in [2.75, 3.05) is 25.1 Å². The topological polar surface area (TPSA) is 226 Å². The highest BCUT2D eigenvalue weighted by Gasteiger charge is 2.37. The number of likely N-dealkylation sites (tertiary alicyclic amines) is 1. The summed E-state index contributed by atoms with van der Waals surface area (Å²) in [5.74, 6) is -2.16. The van der Waals surface area contributed by atoms with Crippen molar-refractivity contribution in [1.82, 2.24) is 15.5 Å². The summed E-state index contributed by atoms with van der Waals surface area (Å²) in [5, 5.41) is 24.4. The van der Waals surface area contributed by atoms with Crippen LogP contribution in [0.2, 0.25) is 0 Å². The Hall–Kier alpha value is -3.52. The zero-order valence-electron chi connectivity index (χ0n) is 22.0. The number of nitrogens with zero attached hydrogens (tertiary/aromatic N) is 2. The molecule has 4 atom stereocenters. The van der Waals surface area contributed by atoms with Crippen LogP contribution in [0.15, 0.2) is 29.3 Å². The van der Waals surface area contributed by atoms with Crippen LogP contribution in [0, 0.1) is 0 Å². The van der Waals surface area contributed by atoms with Crippen LogP contribution in [0.25, 0.3) is 0 Å². The zero-order chi connectivity index (χ0) is 28.9. The number of carbonyl (C=O) groups is 4. The maximum atomic E-state index is 13.2. The highest BCUT2D eigenvalue weighted by Crippen LogP contribution is 2.20. The number of amides is 3. The number of hydrogen-bond acceptors (Lipinski definition) is 8. The highest BCUT2D eigenvalue weighted by molar-refractivity contribution is 7.98. The molecule has 39 heavy (non-hydrogen) atoms. The maximum Gasteiger partial charge on any atom is 0.326 e. The number of aliphatic carboxylic acids is 1. The summed E-state index contributed by atoms with van der Waals surface area (Å²) in [6.45, 7) is 0.706. The molecule has 0 bridgehead atoms. The summed E-state index contributed by atoms with van der Waals surface area (Å²) in [7, 11) is 0. The second kappa shape index (κ2) is 15.8. The van der Waals surface area contributed by atoms with E-state index in [-0.39, 0.29) is 30.5 Å². The second-order valence-electron chi connectivity index (χ2n) is 9.36. The summed E-state index contributed by atoms with van der Waals surface area (Å²) >= 11 is 1.48. The van der Waals surface area contributed by atoms with Crippen LogP contribution in [0.4, 0.5) is 0 Å². The van der Waals surface area contributed by atoms with Crippen molar-refractivity contribution in [2.45, 2.75) is 62.7 Å². The lowest BCUT2D eigenvalue weighted by Crippen LogP contribution is -2.57. The van der Waals surface area contributed by atoms with Crippen LogP contribution in [0.1, 0.15) is 37.7 Å². The van der Waals surface area contributed by atoms with Crippen molar-refractivity contribution in [3.05, 3.63) is 29.8 Å². The molecule has 1 aromatic carbocycles. The number of phenolic OH excluding ortho intramolecular Hbond substituents is 1. The van der Waals surface area contributed by atoms with E-state index in [0.29, 0.717) is 50.1 Å². The molecule has 1 saturated heterocycles. The molecule has 4 unspecified atom stereocenters. The van der Waals surface area contributed by atoms with Crippen LogP contribution in [-0.2, 0) is 25.6 Å². The van der Waals surface area contributed by atoms with Gasteiger partial charge in [0.05, 0.1) is 6.04 Å². The van der Waals surface area contributed by atoms with Gasteiger partial charge in [-0.1, -0.05) is 12.1 Å². The van der Waals surface area contributed by atoms with Crippen molar-refractivity contribution in [3.8, 4) is 5.75 Å². The largest absolute Gasteiger partial charge is 0.508 e. The number of guanidine groups is 1. The lowest BCUT2D eigenvalue weighted by Gasteiger charge is -2.28. The maximum absolute atomic E-state index is 13.2. The van der Waals surface area contributed by atoms with Gasteiger partial charge < -0.3 is 42.9 Å². The Labute approximate surface area is 231 Å². The van der Waals surface area contributed by atoms with Crippen LogP contribution >= 0.6 is 11.8 Å². The fourth-order valence-electron chi connectivity index (χ4n) is 4.27. The van der Waals surface area contributed by atoms with E-state index in [9.17, 15) is 29.4 Å². The Kier molecular flexibility index (Phi) is 12.8. The first-order valence-electron chi connectivity index (χ1n) is 12.7. The molecular formula is C25H39N7O6S. The molecule has 0 radical (unpaired) electrons. The van der Waals surface area contributed by atoms with Gasteiger partial charge in [-0.05, 0) is 61.8 Å². The molecule has 1 aromatic rings. The minimum Gasteiger partial charge on any atom is -0.508 e. The number of rotatable bonds is 15. The molecule has 1 fully saturated rings. The standard InChI is InChI=1S/C25H39N7O6S/c1-39-13-10-18(21(34)31-19(24(37)38)14-15-6-8-16(33)9-7-15)30-22(35)20-5-3-12-32(20)23(36)17(26)4-2-11-29-25(27)28/h6-9,17-20,33H,2-5,10-14,26H2,1H3,(H,30,35)(H,31,34)(H,37,38)(H4,27,28,29). The Morgan fingerprint density at radius 1 is 1.13 bits per heavy atom. The number of benzene rings is 1. The lowest BCUT2D eigenvalue weighted by molar-refractivity contribution is -0.143. The Bertz CT molecular complexity index is 1020. The van der Waals surface area contributed by atoms with Gasteiger partial charge in [0, 0.05) is 19.5 Å². The van der Waals surface area contributed by atoms with E-state index in [4.69, 9.17) is 17.2 Å². The predicted octanol–water partition coefficient (Wildman–Crippen LogP) is -0.886. The summed E-state index contributed by atoms with van der Waals surface area (Å²) in [6, 6.07) is 2.18. The van der Waals surface area contributed by atoms with Crippen LogP contribution in [-0.4, -0.2) is 94.0 Å². The number of carboxylic acid groups (broad SMARTS) is 1. The van der Waals surface area contributed by atoms with Crippen molar-refractivity contribution in [2.24, 2.45) is 22.2 Å². The number of carbonyl (C=O) groups excluding carboxylic acids is 3. The minimum absolute atomic E-state index is 0.00345. The smallest absolute Gasteiger partial charge is 0.326 e. The van der Waals surface area contributed by atoms with Crippen LogP contribution < -0.4 is 27.8 Å². The van der Waals surface area contributed by atoms with Crippen molar-refractivity contribution in [3.63, 3.8) is 0 Å². The van der Waals surface area contributed by atoms with Crippen LogP contribution in [0.5, 0.6) is 5.75 Å². The lowest BCUT2D eigenvalue weighted by atomic mass is 10.0. The van der Waals surface area contributed by atoms with Crippen molar-refractivity contribution >= 4 is 41.4 Å². The number of nitrogens with one attached hydrogen (secondary N) is 2. The molecule has 1 aliphatic heterocycles. The van der Waals surface area contributed by atoms with Gasteiger partial charge in [-0.15, -0.1) is 0 Å². The second-order valence-corrected chi connectivity index (χ2v) is 10.3. The summed E-state index contributed by atoms with van der Waals surface area (Å²) in [5.41, 5.74) is 17.3. The Balaban J connectivity index is 2.04. The highest BCUT2D eigenvalue weighted by atomic mass is 32.2. The Morgan fingerprint density at radius 3 is 2.44 bits per heavy atom. The predicted molar refractivity (Wildman–Crippen MR) is 149 cm³/mol. The van der Waals surface area contributed by atoms with Gasteiger partial charge in [0.15, 0.2) is 5.96 Å². The Morgan fingerprint density at radius 2 is 1.82 bits per heavy atom. The molecule has 1 heterocycles. The summed E-state index contributed by atoms with van der Waals surface area (Å²) in [4.78, 5) is 56.5. The number of aliphatic imine (C=N–C) groups is 1. The normalized spacial score (nSPS) is 17.1. The first kappa shape index (κ1) is 31.7. The van der Waals surface area contributed by atoms with E-state index in [1.165, 1.54) is 28.8 Å². The number of thioether (sulfide) groups is 1. The van der Waals surface area contributed by atoms with Crippen molar-refractivity contribution in [1.29, 1.82) is 0 Å². The van der Waals surface area contributed by atoms with E-state index >= 15 is 0 Å². The molecule has 13 nitrogen and oxygen atoms in total. The monoisotopic (exact) mass is 565 g/mol. The van der Waals surface area contributed by atoms with Gasteiger partial charge in [-0.25, -0.2) is 4.79 Å². The molecule has 0 spiro atoms. The molecule has 0 aliphatic carbocycles. The SMILES string of the molecule is CSCCC(NC(=O)C1CCCN1C(=O)C(N)CCCN=C(N)N)C(=O)NC(Cc1ccc(O)cc1)C(=O)O. The number of nitrogens with two attached hydrogens (primary N) is 3. The van der Waals surface area contributed by atoms with Gasteiger partial charge in [0.2, 0.25) is 17.7 Å². The molecule has 10 N–H and O–H groups in total. The molecule has 216 valence electrons. The summed E-state index contributed by atoms with van der Waals surface area (Å²) in [6.07, 6.45) is 4.01. The molecule has 0 aromatic heterocycles. The zero-order valence-corrected chi connectivity index (χ0v) is 22.9. The number of phenols is 1. The first-order chi connectivity index (χ1) is 18.5. The van der Waals surface area contributed by atoms with E-state index < -0.39 is 42.0 Å². The third kappa shape index (κ3) is 10.3. The average Bonchev–Trinajstić information content (AvgIpc) is 3.39. The quantitative estimate of drug-likeness (QED) is 0.0788. The number of aromatic hydroxyl groups is 1. The van der Waals surface area contributed by atoms with Gasteiger partial charge in [-0.3, -0.25) is 19.4 Å². The summed E-state index contributed by atoms with van der Waals surface area (Å²) < 4.78 is 0. The third-order valence-electron chi connectivity index (χ3n) is 6.36. The minimum atomic E-state index is -1.24. The van der Waals surface area contributed by atoms with Gasteiger partial charge in [-0.2, -0.15) is 11.8 Å².